The van der Waals surface area contributed by atoms with Gasteiger partial charge in [0.2, 0.25) is 0 Å². The number of rotatable bonds is 7. The Kier molecular flexibility index (Phi) is 6.56. The van der Waals surface area contributed by atoms with Crippen LogP contribution in [0.3, 0.4) is 0 Å². The number of carbonyl (C=O) groups is 1. The van der Waals surface area contributed by atoms with Crippen molar-refractivity contribution < 1.29 is 13.6 Å². The molecular formula is C29H26F2N2OS. The Morgan fingerprint density at radius 1 is 1.09 bits per heavy atom. The molecule has 0 saturated heterocycles. The molecule has 0 bridgehead atoms. The highest BCUT2D eigenvalue weighted by molar-refractivity contribution is 7.99. The molecule has 0 spiro atoms. The van der Waals surface area contributed by atoms with Gasteiger partial charge >= 0.3 is 0 Å². The minimum atomic E-state index is -2.94. The van der Waals surface area contributed by atoms with Gasteiger partial charge in [0.1, 0.15) is 0 Å². The summed E-state index contributed by atoms with van der Waals surface area (Å²) in [6.07, 6.45) is 4.18. The predicted octanol–water partition coefficient (Wildman–Crippen LogP) is 7.53. The van der Waals surface area contributed by atoms with Crippen LogP contribution in [0.15, 0.2) is 93.7 Å². The lowest BCUT2D eigenvalue weighted by Crippen LogP contribution is -2.28. The van der Waals surface area contributed by atoms with Crippen LogP contribution < -0.4 is 5.32 Å². The summed E-state index contributed by atoms with van der Waals surface area (Å²) < 4.78 is 27.4. The topological polar surface area (TPSA) is 41.5 Å². The largest absolute Gasteiger partial charge is 0.352 e. The van der Waals surface area contributed by atoms with Crippen molar-refractivity contribution in [1.29, 1.82) is 0 Å². The predicted molar refractivity (Wildman–Crippen MR) is 137 cm³/mol. The number of benzene rings is 3. The highest BCUT2D eigenvalue weighted by Gasteiger charge is 2.26. The molecule has 2 aliphatic rings. The summed E-state index contributed by atoms with van der Waals surface area (Å²) in [5.74, 6) is -2.69. The fraction of sp³-hybridized carbons (Fsp3) is 0.241. The highest BCUT2D eigenvalue weighted by Crippen LogP contribution is 2.43. The number of aliphatic imine (C=N–C) groups is 1. The minimum absolute atomic E-state index is 0.115. The molecule has 3 aromatic rings. The van der Waals surface area contributed by atoms with Gasteiger partial charge in [-0.05, 0) is 67.7 Å². The Morgan fingerprint density at radius 2 is 1.91 bits per heavy atom. The van der Waals surface area contributed by atoms with Crippen molar-refractivity contribution >= 4 is 29.1 Å². The summed E-state index contributed by atoms with van der Waals surface area (Å²) in [6, 6.07) is 22.1. The number of hydrogen-bond acceptors (Lipinski definition) is 3. The first-order valence-electron chi connectivity index (χ1n) is 11.8. The molecule has 1 N–H and O–H groups in total. The van der Waals surface area contributed by atoms with Crippen LogP contribution in [-0.4, -0.2) is 24.1 Å². The normalized spacial score (nSPS) is 15.2. The fourth-order valence-corrected chi connectivity index (χ4v) is 5.23. The summed E-state index contributed by atoms with van der Waals surface area (Å²) in [5.41, 5.74) is 5.42. The van der Waals surface area contributed by atoms with Crippen LogP contribution in [-0.2, 0) is 0 Å². The number of nitrogens with zero attached hydrogens (tertiary/aromatic N) is 1. The molecule has 1 aliphatic carbocycles. The van der Waals surface area contributed by atoms with E-state index in [4.69, 9.17) is 4.99 Å². The van der Waals surface area contributed by atoms with E-state index >= 15 is 0 Å². The molecule has 6 heteroatoms. The molecule has 0 unspecified atom stereocenters. The van der Waals surface area contributed by atoms with Gasteiger partial charge in [-0.15, -0.1) is 0 Å². The molecule has 1 saturated carbocycles. The maximum atomic E-state index is 13.7. The average molecular weight is 489 g/mol. The van der Waals surface area contributed by atoms with E-state index < -0.39 is 12.3 Å². The molecule has 35 heavy (non-hydrogen) atoms. The zero-order valence-electron chi connectivity index (χ0n) is 19.4. The summed E-state index contributed by atoms with van der Waals surface area (Å²) in [7, 11) is 0. The third kappa shape index (κ3) is 5.38. The molecule has 1 aliphatic heterocycles. The second-order valence-electron chi connectivity index (χ2n) is 8.91. The van der Waals surface area contributed by atoms with Gasteiger partial charge in [0.25, 0.3) is 11.8 Å². The minimum Gasteiger partial charge on any atom is -0.352 e. The molecule has 178 valence electrons. The van der Waals surface area contributed by atoms with E-state index in [2.05, 4.69) is 41.7 Å². The van der Waals surface area contributed by atoms with Gasteiger partial charge in [-0.3, -0.25) is 4.79 Å². The van der Waals surface area contributed by atoms with Crippen LogP contribution in [0.5, 0.6) is 0 Å². The first kappa shape index (κ1) is 23.5. The Bertz CT molecular complexity index is 1330. The van der Waals surface area contributed by atoms with Crippen molar-refractivity contribution in [3.05, 3.63) is 101 Å². The van der Waals surface area contributed by atoms with Gasteiger partial charge in [0, 0.05) is 39.4 Å². The Labute approximate surface area is 208 Å². The number of amides is 1. The number of hydrogen-bond donors (Lipinski definition) is 1. The molecule has 1 amide bonds. The average Bonchev–Trinajstić information content (AvgIpc) is 3.70. The fourth-order valence-electron chi connectivity index (χ4n) is 4.23. The molecule has 1 fully saturated rings. The number of carbonyl (C=O) groups excluding carboxylic acids is 1. The second kappa shape index (κ2) is 9.78. The molecule has 1 heterocycles. The molecular weight excluding hydrogens is 462 g/mol. The van der Waals surface area contributed by atoms with Crippen LogP contribution in [0.1, 0.15) is 59.2 Å². The van der Waals surface area contributed by atoms with Crippen LogP contribution in [0.4, 0.5) is 14.5 Å². The van der Waals surface area contributed by atoms with Gasteiger partial charge in [0.15, 0.2) is 0 Å². The summed E-state index contributed by atoms with van der Waals surface area (Å²) in [5, 5.41) is 2.61. The monoisotopic (exact) mass is 488 g/mol. The molecule has 3 nitrogen and oxygen atoms in total. The Hall–Kier alpha value is -3.25. The van der Waals surface area contributed by atoms with Crippen LogP contribution >= 0.6 is 11.8 Å². The number of halogens is 2. The third-order valence-electron chi connectivity index (χ3n) is 6.18. The van der Waals surface area contributed by atoms with Crippen molar-refractivity contribution in [3.8, 4) is 0 Å². The lowest BCUT2D eigenvalue weighted by molar-refractivity contribution is 0.0455. The van der Waals surface area contributed by atoms with Crippen LogP contribution in [0, 0.1) is 0 Å². The van der Waals surface area contributed by atoms with Crippen molar-refractivity contribution in [3.63, 3.8) is 0 Å². The third-order valence-corrected chi connectivity index (χ3v) is 7.32. The van der Waals surface area contributed by atoms with E-state index in [-0.39, 0.29) is 12.5 Å². The van der Waals surface area contributed by atoms with E-state index in [0.717, 1.165) is 32.7 Å². The van der Waals surface area contributed by atoms with E-state index in [1.807, 2.05) is 18.2 Å². The number of nitrogens with one attached hydrogen (secondary N) is 1. The van der Waals surface area contributed by atoms with Gasteiger partial charge < -0.3 is 5.32 Å². The van der Waals surface area contributed by atoms with Crippen LogP contribution in [0.2, 0.25) is 0 Å². The number of alkyl halides is 2. The SMILES string of the molecule is C/C=C/C(F)(F)CCNC(=O)c1ccc2c(c1)N=C(c1cccc(C3CC3)c1)c1ccccc1S2. The quantitative estimate of drug-likeness (QED) is 0.273. The van der Waals surface area contributed by atoms with Gasteiger partial charge in [-0.25, -0.2) is 13.8 Å². The maximum absolute atomic E-state index is 13.7. The molecule has 3 aromatic carbocycles. The smallest absolute Gasteiger partial charge is 0.268 e. The van der Waals surface area contributed by atoms with E-state index in [0.29, 0.717) is 17.2 Å². The van der Waals surface area contributed by atoms with E-state index in [1.165, 1.54) is 24.5 Å². The molecule has 0 radical (unpaired) electrons. The Morgan fingerprint density at radius 3 is 2.71 bits per heavy atom. The lowest BCUT2D eigenvalue weighted by Gasteiger charge is -2.12. The Balaban J connectivity index is 1.46. The lowest BCUT2D eigenvalue weighted by atomic mass is 9.98. The van der Waals surface area contributed by atoms with Gasteiger partial charge in [0.05, 0.1) is 11.4 Å². The zero-order valence-corrected chi connectivity index (χ0v) is 20.2. The zero-order chi connectivity index (χ0) is 24.4. The van der Waals surface area contributed by atoms with Crippen molar-refractivity contribution in [2.45, 2.75) is 47.8 Å². The highest BCUT2D eigenvalue weighted by atomic mass is 32.2. The number of allylic oxidation sites excluding steroid dienone is 2. The summed E-state index contributed by atoms with van der Waals surface area (Å²) in [4.78, 5) is 19.8. The standard InChI is InChI=1S/C29H26F2N2OS/c1-2-14-29(30,31)15-16-32-28(34)22-12-13-26-24(18-22)33-27(23-8-3-4-9-25(23)35-26)21-7-5-6-20(17-21)19-10-11-19/h2-9,12-14,17-19H,10-11,15-16H2,1H3,(H,32,34)/b14-2+. The summed E-state index contributed by atoms with van der Waals surface area (Å²) >= 11 is 1.62. The van der Waals surface area contributed by atoms with Crippen molar-refractivity contribution in [2.75, 3.05) is 6.54 Å². The second-order valence-corrected chi connectivity index (χ2v) is 9.99. The molecule has 5 rings (SSSR count). The number of fused-ring (bicyclic) bond motifs is 2. The first-order valence-corrected chi connectivity index (χ1v) is 12.7. The molecule has 0 aromatic heterocycles. The van der Waals surface area contributed by atoms with Crippen LogP contribution in [0.25, 0.3) is 0 Å². The maximum Gasteiger partial charge on any atom is 0.268 e. The van der Waals surface area contributed by atoms with Crippen molar-refractivity contribution in [1.82, 2.24) is 5.32 Å². The van der Waals surface area contributed by atoms with Gasteiger partial charge in [-0.2, -0.15) is 0 Å². The molecule has 0 atom stereocenters. The summed E-state index contributed by atoms with van der Waals surface area (Å²) in [6.45, 7) is 1.44. The van der Waals surface area contributed by atoms with Gasteiger partial charge in [-0.1, -0.05) is 54.2 Å². The first-order chi connectivity index (χ1) is 16.9. The van der Waals surface area contributed by atoms with Crippen molar-refractivity contribution in [2.24, 2.45) is 4.99 Å². The van der Waals surface area contributed by atoms with E-state index in [9.17, 15) is 13.6 Å². The van der Waals surface area contributed by atoms with E-state index in [1.54, 1.807) is 30.8 Å².